The summed E-state index contributed by atoms with van der Waals surface area (Å²) in [6.45, 7) is 19.9. The van der Waals surface area contributed by atoms with Crippen molar-refractivity contribution in [1.82, 2.24) is 35.6 Å². The number of nitrogens with zero attached hydrogens (tertiary/aromatic N) is 4. The number of likely N-dealkylation sites (N-methyl/N-ethyl adjacent to an activating group) is 4. The van der Waals surface area contributed by atoms with Crippen molar-refractivity contribution in [3.8, 4) is 0 Å². The molecule has 9 atom stereocenters. The molecule has 15 heteroatoms. The van der Waals surface area contributed by atoms with Crippen molar-refractivity contribution in [2.24, 2.45) is 23.7 Å². The second kappa shape index (κ2) is 23.6. The molecule has 1 heterocycles. The molecule has 328 valence electrons. The number of amides is 7. The van der Waals surface area contributed by atoms with Crippen LogP contribution in [-0.2, 0) is 33.6 Å². The number of hydrogen-bond acceptors (Lipinski definition) is 8. The van der Waals surface area contributed by atoms with Gasteiger partial charge in [0.05, 0.1) is 6.10 Å². The topological polar surface area (TPSA) is 189 Å². The maximum Gasteiger partial charge on any atom is 0.245 e. The van der Waals surface area contributed by atoms with Gasteiger partial charge in [0.25, 0.3) is 0 Å². The minimum atomic E-state index is -1.49. The van der Waals surface area contributed by atoms with E-state index in [0.29, 0.717) is 12.8 Å². The monoisotopic (exact) mass is 808 g/mol. The lowest BCUT2D eigenvalue weighted by Crippen LogP contribution is -2.63. The number of carbonyl (C=O) groups is 7. The predicted molar refractivity (Wildman–Crippen MR) is 221 cm³/mol. The molecule has 1 fully saturated rings. The van der Waals surface area contributed by atoms with Gasteiger partial charge in [0.2, 0.25) is 41.4 Å². The van der Waals surface area contributed by atoms with Gasteiger partial charge in [-0.15, -0.1) is 0 Å². The first-order chi connectivity index (χ1) is 26.4. The van der Waals surface area contributed by atoms with Crippen LogP contribution < -0.4 is 16.0 Å². The summed E-state index contributed by atoms with van der Waals surface area (Å²) in [5.41, 5.74) is 0. The number of unbranched alkanes of at least 4 members (excludes halogenated alkanes) is 3. The fourth-order valence-electron chi connectivity index (χ4n) is 7.05. The van der Waals surface area contributed by atoms with E-state index in [0.717, 1.165) is 19.3 Å². The van der Waals surface area contributed by atoms with Crippen molar-refractivity contribution in [3.05, 3.63) is 0 Å². The van der Waals surface area contributed by atoms with Gasteiger partial charge in [-0.05, 0) is 56.8 Å². The van der Waals surface area contributed by atoms with Crippen molar-refractivity contribution in [2.45, 2.75) is 176 Å². The van der Waals surface area contributed by atoms with Crippen molar-refractivity contribution >= 4 is 41.4 Å². The summed E-state index contributed by atoms with van der Waals surface area (Å²) in [6, 6.07) is -7.83. The lowest BCUT2D eigenvalue weighted by molar-refractivity contribution is -0.150. The van der Waals surface area contributed by atoms with E-state index in [-0.39, 0.29) is 31.1 Å². The molecule has 0 unspecified atom stereocenters. The number of hydrogen-bond donors (Lipinski definition) is 4. The molecular formula is C42H77N7O8. The Bertz CT molecular complexity index is 1370. The van der Waals surface area contributed by atoms with Gasteiger partial charge in [-0.25, -0.2) is 0 Å². The van der Waals surface area contributed by atoms with Crippen LogP contribution in [0.5, 0.6) is 0 Å². The van der Waals surface area contributed by atoms with E-state index in [2.05, 4.69) is 22.9 Å². The van der Waals surface area contributed by atoms with Gasteiger partial charge in [0.1, 0.15) is 42.3 Å². The number of carbonyl (C=O) groups excluding carboxylic acids is 7. The zero-order valence-electron chi connectivity index (χ0n) is 37.7. The molecule has 0 aromatic heterocycles. The van der Waals surface area contributed by atoms with Gasteiger partial charge >= 0.3 is 0 Å². The van der Waals surface area contributed by atoms with E-state index in [9.17, 15) is 38.7 Å². The van der Waals surface area contributed by atoms with Gasteiger partial charge in [-0.3, -0.25) is 33.6 Å². The molecule has 1 rings (SSSR count). The molecule has 0 bridgehead atoms. The second-order valence-electron chi connectivity index (χ2n) is 17.4. The molecule has 7 amide bonds. The standard InChI is InChI=1S/C42H77N7O8/c1-16-18-19-20-21-31-36(51)45-34(35(50)26(7)8)38(53)44-33(27(9)17-2)42(57)47(13)29(11)40(55)49(15)32(23-25(5)6)37(52)43-30(22-24(3)4)41(56)46(12)28(10)39(54)48(31)14/h24-35,50H,16-23H2,1-15H3,(H,43,52)(H,44,53)(H,45,51)/t27-,28-,29-,30-,31+,32+,33+,34+,35+/m0/s1. The predicted octanol–water partition coefficient (Wildman–Crippen LogP) is 2.93. The lowest BCUT2D eigenvalue weighted by Gasteiger charge is -2.37. The van der Waals surface area contributed by atoms with Crippen LogP contribution in [0.4, 0.5) is 0 Å². The van der Waals surface area contributed by atoms with E-state index >= 15 is 0 Å². The summed E-state index contributed by atoms with van der Waals surface area (Å²) in [4.78, 5) is 104. The zero-order valence-corrected chi connectivity index (χ0v) is 37.7. The molecule has 0 radical (unpaired) electrons. The average Bonchev–Trinajstić information content (AvgIpc) is 3.16. The lowest BCUT2D eigenvalue weighted by atomic mass is 9.94. The normalized spacial score (nSPS) is 27.1. The number of aliphatic hydroxyl groups is 1. The Labute approximate surface area is 342 Å². The van der Waals surface area contributed by atoms with Crippen molar-refractivity contribution < 1.29 is 38.7 Å². The minimum absolute atomic E-state index is 0.0272. The third-order valence-corrected chi connectivity index (χ3v) is 11.5. The highest BCUT2D eigenvalue weighted by Gasteiger charge is 2.42. The first kappa shape index (κ1) is 51.3. The van der Waals surface area contributed by atoms with Crippen LogP contribution in [0.1, 0.15) is 128 Å². The molecule has 1 aliphatic heterocycles. The molecule has 0 saturated carbocycles. The maximum absolute atomic E-state index is 14.3. The van der Waals surface area contributed by atoms with Crippen LogP contribution in [0.2, 0.25) is 0 Å². The van der Waals surface area contributed by atoms with Crippen LogP contribution in [0.3, 0.4) is 0 Å². The molecule has 57 heavy (non-hydrogen) atoms. The van der Waals surface area contributed by atoms with E-state index in [4.69, 9.17) is 0 Å². The van der Waals surface area contributed by atoms with E-state index in [1.165, 1.54) is 47.8 Å². The van der Waals surface area contributed by atoms with Crippen molar-refractivity contribution in [1.29, 1.82) is 0 Å². The number of rotatable bonds is 13. The molecule has 1 aliphatic rings. The Kier molecular flexibility index (Phi) is 21.2. The molecule has 1 saturated heterocycles. The number of nitrogens with one attached hydrogen (secondary N) is 3. The van der Waals surface area contributed by atoms with Gasteiger partial charge in [-0.1, -0.05) is 94.4 Å². The second-order valence-corrected chi connectivity index (χ2v) is 17.4. The van der Waals surface area contributed by atoms with Crippen molar-refractivity contribution in [3.63, 3.8) is 0 Å². The molecule has 0 spiro atoms. The van der Waals surface area contributed by atoms with Crippen molar-refractivity contribution in [2.75, 3.05) is 28.2 Å². The highest BCUT2D eigenvalue weighted by molar-refractivity contribution is 5.98. The molecule has 0 aromatic rings. The van der Waals surface area contributed by atoms with Gasteiger partial charge in [-0.2, -0.15) is 0 Å². The Morgan fingerprint density at radius 1 is 0.561 bits per heavy atom. The highest BCUT2D eigenvalue weighted by atomic mass is 16.3. The largest absolute Gasteiger partial charge is 0.390 e. The Balaban J connectivity index is 4.04. The smallest absolute Gasteiger partial charge is 0.245 e. The Morgan fingerprint density at radius 2 is 1.04 bits per heavy atom. The molecule has 4 N–H and O–H groups in total. The van der Waals surface area contributed by atoms with Gasteiger partial charge in [0, 0.05) is 28.2 Å². The highest BCUT2D eigenvalue weighted by Crippen LogP contribution is 2.20. The van der Waals surface area contributed by atoms with E-state index in [1.807, 2.05) is 34.6 Å². The van der Waals surface area contributed by atoms with Crippen LogP contribution in [0.15, 0.2) is 0 Å². The Morgan fingerprint density at radius 3 is 1.51 bits per heavy atom. The first-order valence-electron chi connectivity index (χ1n) is 21.1. The molecular weight excluding hydrogens is 731 g/mol. The van der Waals surface area contributed by atoms with E-state index in [1.54, 1.807) is 34.6 Å². The average molecular weight is 808 g/mol. The SMILES string of the molecule is CCCCCC[C@@H]1C(=O)N[C@H]([C@H](O)C(C)C)C(=O)N[C@H]([C@@H](C)CC)C(=O)N(C)[C@@H](C)C(=O)N(C)[C@H](CC(C)C)C(=O)N[C@@H](CC(C)C)C(=O)N(C)[C@@H](C)C(=O)N1C. The maximum atomic E-state index is 14.3. The quantitative estimate of drug-likeness (QED) is 0.205. The molecule has 0 aliphatic carbocycles. The minimum Gasteiger partial charge on any atom is -0.390 e. The molecule has 15 nitrogen and oxygen atoms in total. The first-order valence-corrected chi connectivity index (χ1v) is 21.1. The fraction of sp³-hybridized carbons (Fsp3) is 0.833. The van der Waals surface area contributed by atoms with E-state index < -0.39 is 102 Å². The fourth-order valence-corrected chi connectivity index (χ4v) is 7.05. The van der Waals surface area contributed by atoms with Gasteiger partial charge in [0.15, 0.2) is 0 Å². The van der Waals surface area contributed by atoms with Gasteiger partial charge < -0.3 is 40.7 Å². The third-order valence-electron chi connectivity index (χ3n) is 11.5. The zero-order chi connectivity index (χ0) is 44.1. The summed E-state index contributed by atoms with van der Waals surface area (Å²) in [6.07, 6.45) is 3.14. The third kappa shape index (κ3) is 14.2. The summed E-state index contributed by atoms with van der Waals surface area (Å²) >= 11 is 0. The Hall–Kier alpha value is -3.75. The molecule has 0 aromatic carbocycles. The van der Waals surface area contributed by atoms with Crippen LogP contribution in [-0.4, -0.2) is 143 Å². The summed E-state index contributed by atoms with van der Waals surface area (Å²) in [5, 5.41) is 19.8. The number of aliphatic hydroxyl groups excluding tert-OH is 1. The summed E-state index contributed by atoms with van der Waals surface area (Å²) < 4.78 is 0. The van der Waals surface area contributed by atoms with Crippen LogP contribution >= 0.6 is 0 Å². The summed E-state index contributed by atoms with van der Waals surface area (Å²) in [7, 11) is 5.91. The van der Waals surface area contributed by atoms with Crippen LogP contribution in [0, 0.1) is 23.7 Å². The summed E-state index contributed by atoms with van der Waals surface area (Å²) in [5.74, 6) is -5.09. The van der Waals surface area contributed by atoms with Crippen LogP contribution in [0.25, 0.3) is 0 Å².